The maximum absolute atomic E-state index is 4.24. The number of benzene rings is 1. The van der Waals surface area contributed by atoms with Crippen LogP contribution in [0.4, 0.5) is 5.69 Å². The summed E-state index contributed by atoms with van der Waals surface area (Å²) in [7, 11) is 0. The quantitative estimate of drug-likeness (QED) is 0.816. The van der Waals surface area contributed by atoms with Crippen LogP contribution in [0.2, 0.25) is 0 Å². The summed E-state index contributed by atoms with van der Waals surface area (Å²) in [5.41, 5.74) is 6.41. The third-order valence-electron chi connectivity index (χ3n) is 4.13. The van der Waals surface area contributed by atoms with Gasteiger partial charge in [0.05, 0.1) is 6.04 Å². The van der Waals surface area contributed by atoms with Crippen molar-refractivity contribution in [3.05, 3.63) is 48.2 Å². The summed E-state index contributed by atoms with van der Waals surface area (Å²) >= 11 is 0. The van der Waals surface area contributed by atoms with Crippen LogP contribution in [0.15, 0.2) is 37.1 Å². The SMILES string of the molecule is C=C(C)c1cc(NC2CN(C(=C)CC(C)(C)C)C2)ccc1C. The molecule has 0 unspecified atom stereocenters. The molecular formula is C20H30N2. The molecule has 1 aromatic carbocycles. The van der Waals surface area contributed by atoms with Gasteiger partial charge in [0.25, 0.3) is 0 Å². The minimum Gasteiger partial charge on any atom is -0.379 e. The van der Waals surface area contributed by atoms with Gasteiger partial charge in [0.15, 0.2) is 0 Å². The Kier molecular flexibility index (Phi) is 4.69. The van der Waals surface area contributed by atoms with Gasteiger partial charge in [0.1, 0.15) is 0 Å². The van der Waals surface area contributed by atoms with E-state index in [0.717, 1.165) is 25.1 Å². The van der Waals surface area contributed by atoms with E-state index in [9.17, 15) is 0 Å². The van der Waals surface area contributed by atoms with E-state index in [1.165, 1.54) is 22.5 Å². The van der Waals surface area contributed by atoms with E-state index in [4.69, 9.17) is 0 Å². The van der Waals surface area contributed by atoms with Crippen LogP contribution in [0.1, 0.15) is 45.2 Å². The second kappa shape index (κ2) is 6.20. The first-order valence-electron chi connectivity index (χ1n) is 8.11. The molecule has 0 spiro atoms. The number of nitrogens with one attached hydrogen (secondary N) is 1. The summed E-state index contributed by atoms with van der Waals surface area (Å²) in [4.78, 5) is 2.39. The zero-order valence-corrected chi connectivity index (χ0v) is 14.8. The second-order valence-electron chi connectivity index (χ2n) is 7.86. The van der Waals surface area contributed by atoms with Crippen molar-refractivity contribution in [1.29, 1.82) is 0 Å². The smallest absolute Gasteiger partial charge is 0.0611 e. The maximum atomic E-state index is 4.24. The first-order valence-corrected chi connectivity index (χ1v) is 8.11. The average Bonchev–Trinajstić information content (AvgIpc) is 2.32. The minimum atomic E-state index is 0.308. The molecule has 1 heterocycles. The lowest BCUT2D eigenvalue weighted by Gasteiger charge is -2.44. The summed E-state index contributed by atoms with van der Waals surface area (Å²) in [6, 6.07) is 7.05. The van der Waals surface area contributed by atoms with E-state index in [2.05, 4.69) is 76.2 Å². The molecule has 0 aliphatic carbocycles. The van der Waals surface area contributed by atoms with Crippen molar-refractivity contribution in [2.45, 2.75) is 47.1 Å². The predicted molar refractivity (Wildman–Crippen MR) is 98.1 cm³/mol. The molecule has 0 saturated carbocycles. The molecule has 2 rings (SSSR count). The number of anilines is 1. The van der Waals surface area contributed by atoms with Crippen molar-refractivity contribution in [2.24, 2.45) is 5.41 Å². The monoisotopic (exact) mass is 298 g/mol. The highest BCUT2D eigenvalue weighted by atomic mass is 15.3. The van der Waals surface area contributed by atoms with Crippen LogP contribution in [-0.4, -0.2) is 24.0 Å². The number of rotatable bonds is 5. The fourth-order valence-electron chi connectivity index (χ4n) is 2.96. The largest absolute Gasteiger partial charge is 0.379 e. The van der Waals surface area contributed by atoms with Crippen molar-refractivity contribution in [3.8, 4) is 0 Å². The highest BCUT2D eigenvalue weighted by molar-refractivity contribution is 5.68. The molecule has 2 nitrogen and oxygen atoms in total. The lowest BCUT2D eigenvalue weighted by atomic mass is 9.89. The maximum Gasteiger partial charge on any atom is 0.0611 e. The molecule has 120 valence electrons. The fourth-order valence-corrected chi connectivity index (χ4v) is 2.96. The third kappa shape index (κ3) is 4.16. The van der Waals surface area contributed by atoms with Crippen LogP contribution in [0.3, 0.4) is 0 Å². The summed E-state index contributed by atoms with van der Waals surface area (Å²) < 4.78 is 0. The van der Waals surface area contributed by atoms with Crippen molar-refractivity contribution in [1.82, 2.24) is 4.90 Å². The molecule has 2 heteroatoms. The van der Waals surface area contributed by atoms with Crippen LogP contribution in [0.5, 0.6) is 0 Å². The predicted octanol–water partition coefficient (Wildman–Crippen LogP) is 5.07. The molecule has 1 N–H and O–H groups in total. The number of nitrogens with zero attached hydrogens (tertiary/aromatic N) is 1. The topological polar surface area (TPSA) is 15.3 Å². The van der Waals surface area contributed by atoms with Crippen LogP contribution in [-0.2, 0) is 0 Å². The van der Waals surface area contributed by atoms with Crippen LogP contribution in [0.25, 0.3) is 5.57 Å². The molecule has 0 amide bonds. The number of aryl methyl sites for hydroxylation is 1. The molecule has 1 saturated heterocycles. The van der Waals surface area contributed by atoms with Gasteiger partial charge < -0.3 is 10.2 Å². The Morgan fingerprint density at radius 2 is 1.91 bits per heavy atom. The van der Waals surface area contributed by atoms with Crippen molar-refractivity contribution < 1.29 is 0 Å². The minimum absolute atomic E-state index is 0.308. The standard InChI is InChI=1S/C20H30N2/c1-14(2)19-10-17(9-8-15(19)3)21-18-12-22(13-18)16(4)11-20(5,6)7/h8-10,18,21H,1,4,11-13H2,2-3,5-7H3. The molecule has 22 heavy (non-hydrogen) atoms. The van der Waals surface area contributed by atoms with E-state index < -0.39 is 0 Å². The van der Waals surface area contributed by atoms with E-state index in [-0.39, 0.29) is 0 Å². The van der Waals surface area contributed by atoms with Gasteiger partial charge in [-0.05, 0) is 48.9 Å². The second-order valence-corrected chi connectivity index (χ2v) is 7.86. The van der Waals surface area contributed by atoms with Gasteiger partial charge in [0.2, 0.25) is 0 Å². The Morgan fingerprint density at radius 1 is 1.27 bits per heavy atom. The van der Waals surface area contributed by atoms with Crippen LogP contribution < -0.4 is 5.32 Å². The number of likely N-dealkylation sites (tertiary alicyclic amines) is 1. The Labute approximate surface area is 135 Å². The molecule has 1 fully saturated rings. The first-order chi connectivity index (χ1) is 10.2. The third-order valence-corrected chi connectivity index (χ3v) is 4.13. The Balaban J connectivity index is 1.89. The Morgan fingerprint density at radius 3 is 2.45 bits per heavy atom. The van der Waals surface area contributed by atoms with E-state index >= 15 is 0 Å². The summed E-state index contributed by atoms with van der Waals surface area (Å²) in [5.74, 6) is 0. The van der Waals surface area contributed by atoms with E-state index in [0.29, 0.717) is 11.5 Å². The molecule has 0 atom stereocenters. The fraction of sp³-hybridized carbons (Fsp3) is 0.500. The number of hydrogen-bond donors (Lipinski definition) is 1. The summed E-state index contributed by atoms with van der Waals surface area (Å²) in [5, 5.41) is 3.62. The van der Waals surface area contributed by atoms with Crippen molar-refractivity contribution in [2.75, 3.05) is 18.4 Å². The van der Waals surface area contributed by atoms with Crippen molar-refractivity contribution >= 4 is 11.3 Å². The van der Waals surface area contributed by atoms with Crippen LogP contribution in [0, 0.1) is 12.3 Å². The Hall–Kier alpha value is -1.70. The molecule has 1 aromatic rings. The molecule has 1 aliphatic heterocycles. The lowest BCUT2D eigenvalue weighted by molar-refractivity contribution is 0.192. The van der Waals surface area contributed by atoms with Gasteiger partial charge in [-0.15, -0.1) is 0 Å². The highest BCUT2D eigenvalue weighted by Gasteiger charge is 2.29. The normalized spacial score (nSPS) is 15.4. The number of allylic oxidation sites excluding steroid dienone is 2. The van der Waals surface area contributed by atoms with Gasteiger partial charge >= 0.3 is 0 Å². The molecule has 0 aromatic heterocycles. The zero-order valence-electron chi connectivity index (χ0n) is 14.8. The highest BCUT2D eigenvalue weighted by Crippen LogP contribution is 2.29. The van der Waals surface area contributed by atoms with Crippen LogP contribution >= 0.6 is 0 Å². The number of hydrogen-bond acceptors (Lipinski definition) is 2. The summed E-state index contributed by atoms with van der Waals surface area (Å²) in [6.45, 7) is 21.4. The van der Waals surface area contributed by atoms with Gasteiger partial charge in [-0.25, -0.2) is 0 Å². The van der Waals surface area contributed by atoms with Gasteiger partial charge in [0, 0.05) is 24.5 Å². The lowest BCUT2D eigenvalue weighted by Crippen LogP contribution is -2.54. The van der Waals surface area contributed by atoms with E-state index in [1.807, 2.05) is 0 Å². The zero-order chi connectivity index (χ0) is 16.5. The molecule has 0 radical (unpaired) electrons. The van der Waals surface area contributed by atoms with Gasteiger partial charge in [-0.1, -0.05) is 45.6 Å². The molecule has 1 aliphatic rings. The van der Waals surface area contributed by atoms with E-state index in [1.54, 1.807) is 0 Å². The van der Waals surface area contributed by atoms with Gasteiger partial charge in [-0.3, -0.25) is 0 Å². The van der Waals surface area contributed by atoms with Crippen molar-refractivity contribution in [3.63, 3.8) is 0 Å². The van der Waals surface area contributed by atoms with Gasteiger partial charge in [-0.2, -0.15) is 0 Å². The summed E-state index contributed by atoms with van der Waals surface area (Å²) in [6.07, 6.45) is 1.06. The average molecular weight is 298 g/mol. The Bertz CT molecular complexity index is 572. The molecule has 0 bridgehead atoms. The molecular weight excluding hydrogens is 268 g/mol. The first kappa shape index (κ1) is 16.7.